The zero-order valence-electron chi connectivity index (χ0n) is 11.3. The number of carbonyl (C=O) groups is 1. The Morgan fingerprint density at radius 2 is 2.21 bits per heavy atom. The van der Waals surface area contributed by atoms with Gasteiger partial charge in [-0.05, 0) is 18.1 Å². The number of benzene rings is 1. The lowest BCUT2D eigenvalue weighted by Gasteiger charge is -2.08. The molecule has 0 aliphatic carbocycles. The number of nitrogens with zero attached hydrogens (tertiary/aromatic N) is 2. The Hall–Kier alpha value is -1.88. The molecule has 0 unspecified atom stereocenters. The molecule has 1 N–H and O–H groups in total. The SMILES string of the molecule is CC(C)CONC(=O)CCn1cnc2ccccc21. The maximum Gasteiger partial charge on any atom is 0.245 e. The van der Waals surface area contributed by atoms with Gasteiger partial charge in [-0.3, -0.25) is 9.63 Å². The number of rotatable bonds is 6. The number of amides is 1. The van der Waals surface area contributed by atoms with Gasteiger partial charge in [0, 0.05) is 13.0 Å². The first kappa shape index (κ1) is 13.5. The van der Waals surface area contributed by atoms with Gasteiger partial charge in [-0.15, -0.1) is 0 Å². The van der Waals surface area contributed by atoms with E-state index >= 15 is 0 Å². The molecule has 1 heterocycles. The van der Waals surface area contributed by atoms with Gasteiger partial charge >= 0.3 is 0 Å². The van der Waals surface area contributed by atoms with Crippen LogP contribution < -0.4 is 5.48 Å². The molecule has 2 rings (SSSR count). The van der Waals surface area contributed by atoms with Crippen molar-refractivity contribution in [3.8, 4) is 0 Å². The average Bonchev–Trinajstić information content (AvgIpc) is 2.79. The second-order valence-corrected chi connectivity index (χ2v) is 4.91. The lowest BCUT2D eigenvalue weighted by molar-refractivity contribution is -0.134. The van der Waals surface area contributed by atoms with Crippen LogP contribution in [0.25, 0.3) is 11.0 Å². The van der Waals surface area contributed by atoms with E-state index in [1.54, 1.807) is 6.33 Å². The summed E-state index contributed by atoms with van der Waals surface area (Å²) in [6.45, 7) is 5.19. The fourth-order valence-corrected chi connectivity index (χ4v) is 1.75. The topological polar surface area (TPSA) is 56.1 Å². The van der Waals surface area contributed by atoms with Crippen LogP contribution in [0.15, 0.2) is 30.6 Å². The Morgan fingerprint density at radius 3 is 3.00 bits per heavy atom. The fourth-order valence-electron chi connectivity index (χ4n) is 1.75. The minimum absolute atomic E-state index is 0.113. The van der Waals surface area contributed by atoms with E-state index in [2.05, 4.69) is 10.5 Å². The molecule has 19 heavy (non-hydrogen) atoms. The number of para-hydroxylation sites is 2. The lowest BCUT2D eigenvalue weighted by atomic mass is 10.2. The first-order valence-corrected chi connectivity index (χ1v) is 6.47. The van der Waals surface area contributed by atoms with E-state index in [1.807, 2.05) is 42.7 Å². The number of aromatic nitrogens is 2. The molecular formula is C14H19N3O2. The second kappa shape index (κ2) is 6.33. The summed E-state index contributed by atoms with van der Waals surface area (Å²) >= 11 is 0. The third-order valence-electron chi connectivity index (χ3n) is 2.71. The summed E-state index contributed by atoms with van der Waals surface area (Å²) in [6.07, 6.45) is 2.13. The van der Waals surface area contributed by atoms with Crippen LogP contribution in [0.4, 0.5) is 0 Å². The van der Waals surface area contributed by atoms with Gasteiger partial charge in [-0.25, -0.2) is 10.5 Å². The van der Waals surface area contributed by atoms with Crippen molar-refractivity contribution in [2.45, 2.75) is 26.8 Å². The Kier molecular flexibility index (Phi) is 4.52. The van der Waals surface area contributed by atoms with Crippen molar-refractivity contribution in [1.82, 2.24) is 15.0 Å². The molecule has 0 spiro atoms. The minimum Gasteiger partial charge on any atom is -0.330 e. The zero-order chi connectivity index (χ0) is 13.7. The summed E-state index contributed by atoms with van der Waals surface area (Å²) in [5.41, 5.74) is 4.44. The van der Waals surface area contributed by atoms with E-state index in [0.29, 0.717) is 25.5 Å². The summed E-state index contributed by atoms with van der Waals surface area (Å²) in [5, 5.41) is 0. The van der Waals surface area contributed by atoms with Gasteiger partial charge < -0.3 is 4.57 Å². The quantitative estimate of drug-likeness (QED) is 0.810. The van der Waals surface area contributed by atoms with Crippen molar-refractivity contribution < 1.29 is 9.63 Å². The smallest absolute Gasteiger partial charge is 0.245 e. The first-order valence-electron chi connectivity index (χ1n) is 6.47. The van der Waals surface area contributed by atoms with E-state index in [4.69, 9.17) is 4.84 Å². The molecule has 0 saturated carbocycles. The van der Waals surface area contributed by atoms with Crippen LogP contribution in [-0.4, -0.2) is 22.1 Å². The van der Waals surface area contributed by atoms with Crippen LogP contribution in [0, 0.1) is 5.92 Å². The number of aryl methyl sites for hydroxylation is 1. The molecule has 102 valence electrons. The van der Waals surface area contributed by atoms with Crippen LogP contribution in [0.5, 0.6) is 0 Å². The number of hydroxylamine groups is 1. The van der Waals surface area contributed by atoms with Gasteiger partial charge in [-0.2, -0.15) is 0 Å². The Bertz CT molecular complexity index is 548. The average molecular weight is 261 g/mol. The van der Waals surface area contributed by atoms with E-state index < -0.39 is 0 Å². The van der Waals surface area contributed by atoms with Crippen molar-refractivity contribution in [2.24, 2.45) is 5.92 Å². The van der Waals surface area contributed by atoms with Crippen molar-refractivity contribution in [1.29, 1.82) is 0 Å². The summed E-state index contributed by atoms with van der Waals surface area (Å²) in [5.74, 6) is 0.288. The number of nitrogens with one attached hydrogen (secondary N) is 1. The number of hydrogen-bond donors (Lipinski definition) is 1. The third-order valence-corrected chi connectivity index (χ3v) is 2.71. The van der Waals surface area contributed by atoms with Crippen LogP contribution in [-0.2, 0) is 16.2 Å². The molecule has 0 atom stereocenters. The van der Waals surface area contributed by atoms with Crippen molar-refractivity contribution >= 4 is 16.9 Å². The van der Waals surface area contributed by atoms with Crippen molar-refractivity contribution in [3.63, 3.8) is 0 Å². The number of hydrogen-bond acceptors (Lipinski definition) is 3. The maximum absolute atomic E-state index is 11.6. The van der Waals surface area contributed by atoms with Gasteiger partial charge in [-0.1, -0.05) is 26.0 Å². The molecular weight excluding hydrogens is 242 g/mol. The van der Waals surface area contributed by atoms with E-state index in [9.17, 15) is 4.79 Å². The zero-order valence-corrected chi connectivity index (χ0v) is 11.3. The van der Waals surface area contributed by atoms with Crippen molar-refractivity contribution in [3.05, 3.63) is 30.6 Å². The fraction of sp³-hybridized carbons (Fsp3) is 0.429. The van der Waals surface area contributed by atoms with Gasteiger partial charge in [0.05, 0.1) is 24.0 Å². The van der Waals surface area contributed by atoms with Crippen molar-refractivity contribution in [2.75, 3.05) is 6.61 Å². The summed E-state index contributed by atoms with van der Waals surface area (Å²) in [7, 11) is 0. The Morgan fingerprint density at radius 1 is 1.42 bits per heavy atom. The van der Waals surface area contributed by atoms with Crippen LogP contribution in [0.2, 0.25) is 0 Å². The van der Waals surface area contributed by atoms with Gasteiger partial charge in [0.25, 0.3) is 0 Å². The van der Waals surface area contributed by atoms with Crippen LogP contribution in [0.3, 0.4) is 0 Å². The normalized spacial score (nSPS) is 11.1. The number of imidazole rings is 1. The monoisotopic (exact) mass is 261 g/mol. The molecule has 1 aromatic carbocycles. The molecule has 0 radical (unpaired) electrons. The molecule has 0 fully saturated rings. The lowest BCUT2D eigenvalue weighted by Crippen LogP contribution is -2.26. The first-order chi connectivity index (χ1) is 9.16. The molecule has 1 aromatic heterocycles. The highest BCUT2D eigenvalue weighted by molar-refractivity contribution is 5.76. The molecule has 5 heteroatoms. The van der Waals surface area contributed by atoms with E-state index in [1.165, 1.54) is 0 Å². The molecule has 0 aliphatic rings. The molecule has 0 saturated heterocycles. The van der Waals surface area contributed by atoms with Crippen LogP contribution in [0.1, 0.15) is 20.3 Å². The second-order valence-electron chi connectivity index (χ2n) is 4.91. The highest BCUT2D eigenvalue weighted by Crippen LogP contribution is 2.11. The summed E-state index contributed by atoms with van der Waals surface area (Å²) in [4.78, 5) is 21.0. The van der Waals surface area contributed by atoms with E-state index in [-0.39, 0.29) is 5.91 Å². The largest absolute Gasteiger partial charge is 0.330 e. The molecule has 2 aromatic rings. The highest BCUT2D eigenvalue weighted by atomic mass is 16.6. The molecule has 0 aliphatic heterocycles. The third kappa shape index (κ3) is 3.79. The number of carbonyl (C=O) groups excluding carboxylic acids is 1. The van der Waals surface area contributed by atoms with Gasteiger partial charge in [0.1, 0.15) is 0 Å². The summed E-state index contributed by atoms with van der Waals surface area (Å²) < 4.78 is 1.97. The predicted octanol–water partition coefficient (Wildman–Crippen LogP) is 2.13. The maximum atomic E-state index is 11.6. The predicted molar refractivity (Wildman–Crippen MR) is 73.3 cm³/mol. The molecule has 5 nitrogen and oxygen atoms in total. The molecule has 1 amide bonds. The Balaban J connectivity index is 1.83. The van der Waals surface area contributed by atoms with Gasteiger partial charge in [0.2, 0.25) is 5.91 Å². The minimum atomic E-state index is -0.113. The molecule has 0 bridgehead atoms. The summed E-state index contributed by atoms with van der Waals surface area (Å²) in [6, 6.07) is 7.87. The van der Waals surface area contributed by atoms with E-state index in [0.717, 1.165) is 11.0 Å². The Labute approximate surface area is 112 Å². The standard InChI is InChI=1S/C14H19N3O2/c1-11(2)9-19-16-14(18)7-8-17-10-15-12-5-3-4-6-13(12)17/h3-6,10-11H,7-9H2,1-2H3,(H,16,18). The van der Waals surface area contributed by atoms with Gasteiger partial charge in [0.15, 0.2) is 0 Å². The number of fused-ring (bicyclic) bond motifs is 1. The highest BCUT2D eigenvalue weighted by Gasteiger charge is 2.05. The van der Waals surface area contributed by atoms with Crippen LogP contribution >= 0.6 is 0 Å².